The number of aliphatic hydroxyl groups is 3. The minimum Gasteiger partial charge on any atom is -0.445 e. The van der Waals surface area contributed by atoms with Crippen molar-refractivity contribution in [1.82, 2.24) is 10.2 Å². The van der Waals surface area contributed by atoms with Crippen LogP contribution in [0.3, 0.4) is 0 Å². The Morgan fingerprint density at radius 3 is 1.56 bits per heavy atom. The van der Waals surface area contributed by atoms with Gasteiger partial charge in [-0.1, -0.05) is 222 Å². The van der Waals surface area contributed by atoms with Gasteiger partial charge in [-0.3, -0.25) is 20.2 Å². The van der Waals surface area contributed by atoms with E-state index >= 15 is 0 Å². The van der Waals surface area contributed by atoms with Crippen molar-refractivity contribution in [3.05, 3.63) is 71.8 Å². The first-order valence-corrected chi connectivity index (χ1v) is 25.5. The van der Waals surface area contributed by atoms with Gasteiger partial charge >= 0.3 is 6.09 Å². The van der Waals surface area contributed by atoms with Crippen molar-refractivity contribution >= 4 is 17.8 Å². The lowest BCUT2D eigenvalue weighted by molar-refractivity contribution is -0.309. The van der Waals surface area contributed by atoms with E-state index < -0.39 is 54.6 Å². The van der Waals surface area contributed by atoms with Gasteiger partial charge in [-0.25, -0.2) is 4.79 Å². The Labute approximate surface area is 386 Å². The van der Waals surface area contributed by atoms with Crippen LogP contribution in [0.25, 0.3) is 0 Å². The first-order valence-electron chi connectivity index (χ1n) is 25.5. The van der Waals surface area contributed by atoms with Crippen LogP contribution < -0.4 is 11.1 Å². The third-order valence-corrected chi connectivity index (χ3v) is 12.8. The van der Waals surface area contributed by atoms with Crippen molar-refractivity contribution in [3.8, 4) is 0 Å². The Hall–Kier alpha value is -3.35. The third-order valence-electron chi connectivity index (χ3n) is 12.8. The Kier molecular flexibility index (Phi) is 28.5. The maximum absolute atomic E-state index is 14.1. The molecule has 0 spiro atoms. The van der Waals surface area contributed by atoms with Gasteiger partial charge in [0, 0.05) is 19.4 Å². The monoisotopic (exact) mass is 894 g/mol. The second kappa shape index (κ2) is 33.2. The summed E-state index contributed by atoms with van der Waals surface area (Å²) in [5.74, 6) is -3.00. The Balaban J connectivity index is 1.62. The maximum Gasteiger partial charge on any atom is 0.408 e. The van der Waals surface area contributed by atoms with Crippen LogP contribution in [0.5, 0.6) is 0 Å². The largest absolute Gasteiger partial charge is 0.445 e. The lowest BCUT2D eigenvalue weighted by Crippen LogP contribution is -2.76. The van der Waals surface area contributed by atoms with E-state index in [0.29, 0.717) is 12.8 Å². The molecule has 0 bridgehead atoms. The molecule has 1 aliphatic rings. The average Bonchev–Trinajstić information content (AvgIpc) is 3.30. The van der Waals surface area contributed by atoms with E-state index in [1.807, 2.05) is 60.7 Å². The van der Waals surface area contributed by atoms with E-state index in [4.69, 9.17) is 15.2 Å². The summed E-state index contributed by atoms with van der Waals surface area (Å²) in [5.41, 5.74) is 8.44. The van der Waals surface area contributed by atoms with Crippen LogP contribution in [-0.2, 0) is 32.1 Å². The number of rotatable bonds is 36. The van der Waals surface area contributed by atoms with E-state index in [9.17, 15) is 29.7 Å². The molecule has 1 aliphatic heterocycles. The number of carbonyl (C=O) groups is 3. The molecule has 1 heterocycles. The van der Waals surface area contributed by atoms with E-state index in [0.717, 1.165) is 49.7 Å². The second-order valence-corrected chi connectivity index (χ2v) is 18.4. The molecule has 3 rings (SSSR count). The second-order valence-electron chi connectivity index (χ2n) is 18.4. The van der Waals surface area contributed by atoms with Gasteiger partial charge in [0.2, 0.25) is 11.8 Å². The molecule has 0 saturated carbocycles. The van der Waals surface area contributed by atoms with Crippen LogP contribution in [0.4, 0.5) is 4.79 Å². The molecule has 0 unspecified atom stereocenters. The summed E-state index contributed by atoms with van der Waals surface area (Å²) in [6.45, 7) is 4.67. The number of unbranched alkanes of at least 4 members (excludes halogenated alkanes) is 23. The highest BCUT2D eigenvalue weighted by atomic mass is 16.6. The van der Waals surface area contributed by atoms with Crippen LogP contribution in [-0.4, -0.2) is 80.9 Å². The molecule has 1 saturated heterocycles. The van der Waals surface area contributed by atoms with Crippen molar-refractivity contribution in [3.63, 3.8) is 0 Å². The first-order chi connectivity index (χ1) is 31.1. The molecule has 2 amide bonds. The predicted molar refractivity (Wildman–Crippen MR) is 256 cm³/mol. The van der Waals surface area contributed by atoms with Crippen LogP contribution in [0.1, 0.15) is 198 Å². The molecule has 6 atom stereocenters. The Bertz CT molecular complexity index is 1520. The topological polar surface area (TPSA) is 172 Å². The molecule has 2 aromatic carbocycles. The van der Waals surface area contributed by atoms with Crippen molar-refractivity contribution in [2.24, 2.45) is 5.73 Å². The molecule has 2 aromatic rings. The molecule has 11 nitrogen and oxygen atoms in total. The number of amides is 2. The van der Waals surface area contributed by atoms with E-state index in [1.165, 1.54) is 114 Å². The first kappa shape index (κ1) is 55.0. The number of nitrogens with two attached hydrogens (primary N) is 1. The molecule has 0 aromatic heterocycles. The SMILES string of the molecule is CCCCCCCCCCCCCCCCCC(=O)N(CCCCCCCCCCCC)[C@]1(N)O[C@H](CC(=O)[C@H](Cc2ccccc2)NC(=O)OCc2ccccc2)[C@H](O)[C@H](O)[C@H]1O. The number of nitrogens with one attached hydrogen (secondary N) is 1. The summed E-state index contributed by atoms with van der Waals surface area (Å²) < 4.78 is 11.7. The van der Waals surface area contributed by atoms with E-state index in [1.54, 1.807) is 0 Å². The molecule has 64 heavy (non-hydrogen) atoms. The van der Waals surface area contributed by atoms with Gasteiger partial charge in [-0.2, -0.15) is 0 Å². The number of hydrogen-bond acceptors (Lipinski definition) is 9. The summed E-state index contributed by atoms with van der Waals surface area (Å²) in [6.07, 6.45) is 21.4. The molecule has 0 aliphatic carbocycles. The van der Waals surface area contributed by atoms with Gasteiger partial charge in [0.25, 0.3) is 0 Å². The van der Waals surface area contributed by atoms with Crippen molar-refractivity contribution in [1.29, 1.82) is 0 Å². The van der Waals surface area contributed by atoms with Crippen LogP contribution in [0.15, 0.2) is 60.7 Å². The molecule has 1 fully saturated rings. The van der Waals surface area contributed by atoms with Gasteiger partial charge in [-0.15, -0.1) is 0 Å². The van der Waals surface area contributed by atoms with Gasteiger partial charge in [0.15, 0.2) is 5.78 Å². The minimum atomic E-state index is -2.20. The molecule has 6 N–H and O–H groups in total. The smallest absolute Gasteiger partial charge is 0.408 e. The number of alkyl carbamates (subject to hydrolysis) is 1. The highest BCUT2D eigenvalue weighted by Crippen LogP contribution is 2.33. The molecule has 362 valence electrons. The number of ketones is 1. The van der Waals surface area contributed by atoms with E-state index in [-0.39, 0.29) is 31.9 Å². The summed E-state index contributed by atoms with van der Waals surface area (Å²) in [6, 6.07) is 17.3. The quantitative estimate of drug-likeness (QED) is 0.0330. The molecule has 0 radical (unpaired) electrons. The predicted octanol–water partition coefficient (Wildman–Crippen LogP) is 10.6. The number of ether oxygens (including phenoxy) is 2. The van der Waals surface area contributed by atoms with Crippen LogP contribution in [0, 0.1) is 0 Å². The highest BCUT2D eigenvalue weighted by molar-refractivity contribution is 5.88. The normalized spacial score (nSPS) is 20.2. The van der Waals surface area contributed by atoms with E-state index in [2.05, 4.69) is 19.2 Å². The zero-order chi connectivity index (χ0) is 46.3. The summed E-state index contributed by atoms with van der Waals surface area (Å²) in [5, 5.41) is 36.6. The van der Waals surface area contributed by atoms with Gasteiger partial charge in [0.05, 0.1) is 12.1 Å². The lowest BCUT2D eigenvalue weighted by Gasteiger charge is -2.51. The Morgan fingerprint density at radius 2 is 1.08 bits per heavy atom. The Morgan fingerprint density at radius 1 is 0.641 bits per heavy atom. The fraction of sp³-hybridized carbons (Fsp3) is 0.717. The average molecular weight is 894 g/mol. The minimum absolute atomic E-state index is 0.00541. The summed E-state index contributed by atoms with van der Waals surface area (Å²) in [7, 11) is 0. The van der Waals surface area contributed by atoms with Crippen LogP contribution in [0.2, 0.25) is 0 Å². The molecular weight excluding hydrogens is 807 g/mol. The number of Topliss-reactive ketones (excluding diaryl/α,β-unsaturated/α-hetero) is 1. The van der Waals surface area contributed by atoms with Crippen molar-refractivity contribution in [2.45, 2.75) is 237 Å². The number of hydrogen-bond donors (Lipinski definition) is 5. The zero-order valence-corrected chi connectivity index (χ0v) is 39.8. The summed E-state index contributed by atoms with van der Waals surface area (Å²) >= 11 is 0. The molecular formula is C53H87N3O8. The lowest BCUT2D eigenvalue weighted by atomic mass is 9.89. The molecule has 11 heteroatoms. The number of carbonyl (C=O) groups excluding carboxylic acids is 3. The van der Waals surface area contributed by atoms with Crippen molar-refractivity contribution < 1.29 is 39.2 Å². The number of nitrogens with zero attached hydrogens (tertiary/aromatic N) is 1. The van der Waals surface area contributed by atoms with Gasteiger partial charge < -0.3 is 30.1 Å². The highest BCUT2D eigenvalue weighted by Gasteiger charge is 2.56. The fourth-order valence-corrected chi connectivity index (χ4v) is 8.80. The van der Waals surface area contributed by atoms with Gasteiger partial charge in [-0.05, 0) is 30.4 Å². The number of aliphatic hydroxyl groups excluding tert-OH is 3. The van der Waals surface area contributed by atoms with Crippen molar-refractivity contribution in [2.75, 3.05) is 6.54 Å². The van der Waals surface area contributed by atoms with Crippen LogP contribution >= 0.6 is 0 Å². The summed E-state index contributed by atoms with van der Waals surface area (Å²) in [4.78, 5) is 42.6. The maximum atomic E-state index is 14.1. The fourth-order valence-electron chi connectivity index (χ4n) is 8.80. The zero-order valence-electron chi connectivity index (χ0n) is 39.8. The third kappa shape index (κ3) is 21.3. The number of benzene rings is 2. The van der Waals surface area contributed by atoms with Gasteiger partial charge in [0.1, 0.15) is 24.9 Å². The standard InChI is InChI=1S/C53H87N3O8/c1-3-5-7-9-11-13-15-16-17-18-19-20-22-24-32-38-48(58)56(39-33-25-23-21-14-12-10-8-6-4-2)53(54)51(61)50(60)49(59)47(64-53)41-46(57)45(40-43-34-28-26-29-35-43)55-52(62)63-42-44-36-30-27-31-37-44/h26-31,34-37,45,47,49-51,59-61H,3-25,32-33,38-42,54H2,1-2H3,(H,55,62)/t45-,47+,49-,50-,51+,53-/m0/s1.